The molecular formula is C17H21N5. The van der Waals surface area contributed by atoms with E-state index in [0.29, 0.717) is 17.9 Å². The molecule has 0 saturated carbocycles. The second-order valence-corrected chi connectivity index (χ2v) is 5.09. The fourth-order valence-corrected chi connectivity index (χ4v) is 2.43. The maximum absolute atomic E-state index is 9.43. The SMILES string of the molecule is CCc1nnc(NCCc2ccc(N)cc2)c(C#N)c1CC. The van der Waals surface area contributed by atoms with Gasteiger partial charge in [0.2, 0.25) is 0 Å². The van der Waals surface area contributed by atoms with Crippen LogP contribution in [-0.4, -0.2) is 16.7 Å². The predicted octanol–water partition coefficient (Wildman–Crippen LogP) is 2.71. The maximum atomic E-state index is 9.43. The van der Waals surface area contributed by atoms with Crippen molar-refractivity contribution >= 4 is 11.5 Å². The number of aryl methyl sites for hydroxylation is 1. The number of hydrogen-bond acceptors (Lipinski definition) is 5. The van der Waals surface area contributed by atoms with Crippen LogP contribution in [0.2, 0.25) is 0 Å². The van der Waals surface area contributed by atoms with E-state index in [9.17, 15) is 5.26 Å². The van der Waals surface area contributed by atoms with E-state index in [4.69, 9.17) is 5.73 Å². The summed E-state index contributed by atoms with van der Waals surface area (Å²) in [5.74, 6) is 0.576. The molecule has 22 heavy (non-hydrogen) atoms. The average molecular weight is 295 g/mol. The highest BCUT2D eigenvalue weighted by Gasteiger charge is 2.13. The van der Waals surface area contributed by atoms with Crippen molar-refractivity contribution in [3.8, 4) is 6.07 Å². The molecule has 1 aromatic carbocycles. The summed E-state index contributed by atoms with van der Waals surface area (Å²) in [4.78, 5) is 0. The number of nitrogen functional groups attached to an aromatic ring is 1. The Kier molecular flexibility index (Phi) is 5.31. The summed E-state index contributed by atoms with van der Waals surface area (Å²) >= 11 is 0. The molecule has 0 amide bonds. The van der Waals surface area contributed by atoms with E-state index in [-0.39, 0.29) is 0 Å². The summed E-state index contributed by atoms with van der Waals surface area (Å²) in [6.45, 7) is 4.76. The second kappa shape index (κ2) is 7.41. The van der Waals surface area contributed by atoms with Gasteiger partial charge >= 0.3 is 0 Å². The van der Waals surface area contributed by atoms with Gasteiger partial charge in [0.15, 0.2) is 5.82 Å². The number of aromatic nitrogens is 2. The van der Waals surface area contributed by atoms with E-state index >= 15 is 0 Å². The molecule has 2 aromatic rings. The number of anilines is 2. The normalized spacial score (nSPS) is 10.2. The molecule has 0 aliphatic heterocycles. The van der Waals surface area contributed by atoms with E-state index < -0.39 is 0 Å². The number of nitrogens with one attached hydrogen (secondary N) is 1. The van der Waals surface area contributed by atoms with Gasteiger partial charge in [-0.2, -0.15) is 10.4 Å². The Bertz CT molecular complexity index is 671. The van der Waals surface area contributed by atoms with Crippen molar-refractivity contribution in [3.63, 3.8) is 0 Å². The number of rotatable bonds is 6. The lowest BCUT2D eigenvalue weighted by Crippen LogP contribution is -2.12. The molecule has 0 aliphatic rings. The first-order chi connectivity index (χ1) is 10.7. The fourth-order valence-electron chi connectivity index (χ4n) is 2.43. The molecule has 0 bridgehead atoms. The number of nitrogens with two attached hydrogens (primary N) is 1. The first-order valence-corrected chi connectivity index (χ1v) is 7.56. The Labute approximate surface area is 131 Å². The molecule has 0 unspecified atom stereocenters. The van der Waals surface area contributed by atoms with Gasteiger partial charge in [-0.3, -0.25) is 0 Å². The highest BCUT2D eigenvalue weighted by Crippen LogP contribution is 2.19. The molecule has 0 radical (unpaired) electrons. The van der Waals surface area contributed by atoms with Gasteiger partial charge in [-0.15, -0.1) is 5.10 Å². The molecule has 1 aromatic heterocycles. The summed E-state index contributed by atoms with van der Waals surface area (Å²) in [5.41, 5.74) is 10.1. The summed E-state index contributed by atoms with van der Waals surface area (Å²) in [6.07, 6.45) is 2.41. The van der Waals surface area contributed by atoms with Gasteiger partial charge in [-0.05, 0) is 42.5 Å². The van der Waals surface area contributed by atoms with Gasteiger partial charge < -0.3 is 11.1 Å². The van der Waals surface area contributed by atoms with Crippen LogP contribution < -0.4 is 11.1 Å². The van der Waals surface area contributed by atoms with Gasteiger partial charge in [0.1, 0.15) is 11.6 Å². The number of benzene rings is 1. The number of hydrogen-bond donors (Lipinski definition) is 2. The van der Waals surface area contributed by atoms with Gasteiger partial charge in [0.05, 0.1) is 5.69 Å². The molecule has 0 atom stereocenters. The molecule has 5 heteroatoms. The van der Waals surface area contributed by atoms with Crippen LogP contribution in [0.3, 0.4) is 0 Å². The minimum atomic E-state index is 0.576. The maximum Gasteiger partial charge on any atom is 0.166 e. The molecule has 0 saturated heterocycles. The molecule has 114 valence electrons. The zero-order valence-electron chi connectivity index (χ0n) is 13.1. The van der Waals surface area contributed by atoms with Crippen LogP contribution in [0.15, 0.2) is 24.3 Å². The van der Waals surface area contributed by atoms with Gasteiger partial charge in [-0.1, -0.05) is 26.0 Å². The topological polar surface area (TPSA) is 87.6 Å². The van der Waals surface area contributed by atoms with E-state index in [0.717, 1.165) is 36.2 Å². The highest BCUT2D eigenvalue weighted by atomic mass is 15.2. The fraction of sp³-hybridized carbons (Fsp3) is 0.353. The molecular weight excluding hydrogens is 274 g/mol. The first kappa shape index (κ1) is 15.8. The first-order valence-electron chi connectivity index (χ1n) is 7.56. The third kappa shape index (κ3) is 3.53. The third-order valence-corrected chi connectivity index (χ3v) is 3.64. The number of nitriles is 1. The van der Waals surface area contributed by atoms with Crippen LogP contribution in [0.5, 0.6) is 0 Å². The van der Waals surface area contributed by atoms with Crippen molar-refractivity contribution in [2.24, 2.45) is 0 Å². The summed E-state index contributed by atoms with van der Waals surface area (Å²) in [5, 5.41) is 21.1. The molecule has 1 heterocycles. The largest absolute Gasteiger partial charge is 0.399 e. The van der Waals surface area contributed by atoms with Crippen LogP contribution in [0.25, 0.3) is 0 Å². The Morgan fingerprint density at radius 2 is 1.86 bits per heavy atom. The Balaban J connectivity index is 2.09. The van der Waals surface area contributed by atoms with Crippen LogP contribution in [0.4, 0.5) is 11.5 Å². The van der Waals surface area contributed by atoms with Gasteiger partial charge in [0, 0.05) is 12.2 Å². The molecule has 3 N–H and O–H groups in total. The summed E-state index contributed by atoms with van der Waals surface area (Å²) < 4.78 is 0. The van der Waals surface area contributed by atoms with Crippen LogP contribution >= 0.6 is 0 Å². The zero-order chi connectivity index (χ0) is 15.9. The predicted molar refractivity (Wildman–Crippen MR) is 88.6 cm³/mol. The smallest absolute Gasteiger partial charge is 0.166 e. The monoisotopic (exact) mass is 295 g/mol. The van der Waals surface area contributed by atoms with Crippen LogP contribution in [0.1, 0.15) is 36.2 Å². The standard InChI is InChI=1S/C17H21N5/c1-3-14-15(11-18)17(22-21-16(14)4-2)20-10-9-12-5-7-13(19)8-6-12/h5-8H,3-4,9-10,19H2,1-2H3,(H,20,22). The Morgan fingerprint density at radius 3 is 2.45 bits per heavy atom. The minimum Gasteiger partial charge on any atom is -0.399 e. The Hall–Kier alpha value is -2.61. The number of nitrogens with zero attached hydrogens (tertiary/aromatic N) is 3. The van der Waals surface area contributed by atoms with E-state index in [1.807, 2.05) is 38.1 Å². The van der Waals surface area contributed by atoms with Crippen LogP contribution in [0, 0.1) is 11.3 Å². The van der Waals surface area contributed by atoms with Crippen molar-refractivity contribution in [3.05, 3.63) is 46.6 Å². The summed E-state index contributed by atoms with van der Waals surface area (Å²) in [7, 11) is 0. The lowest BCUT2D eigenvalue weighted by atomic mass is 10.0. The molecule has 0 aliphatic carbocycles. The van der Waals surface area contributed by atoms with Crippen molar-refractivity contribution in [1.82, 2.24) is 10.2 Å². The van der Waals surface area contributed by atoms with E-state index in [1.54, 1.807) is 0 Å². The third-order valence-electron chi connectivity index (χ3n) is 3.64. The quantitative estimate of drug-likeness (QED) is 0.800. The van der Waals surface area contributed by atoms with E-state index in [1.165, 1.54) is 5.56 Å². The molecule has 0 spiro atoms. The van der Waals surface area contributed by atoms with Gasteiger partial charge in [0.25, 0.3) is 0 Å². The molecule has 5 nitrogen and oxygen atoms in total. The van der Waals surface area contributed by atoms with Crippen molar-refractivity contribution < 1.29 is 0 Å². The van der Waals surface area contributed by atoms with Crippen molar-refractivity contribution in [2.75, 3.05) is 17.6 Å². The van der Waals surface area contributed by atoms with Crippen LogP contribution in [-0.2, 0) is 19.3 Å². The minimum absolute atomic E-state index is 0.576. The Morgan fingerprint density at radius 1 is 1.14 bits per heavy atom. The zero-order valence-corrected chi connectivity index (χ0v) is 13.1. The summed E-state index contributed by atoms with van der Waals surface area (Å²) in [6, 6.07) is 10.1. The molecule has 2 rings (SSSR count). The lowest BCUT2D eigenvalue weighted by molar-refractivity contribution is 0.866. The highest BCUT2D eigenvalue weighted by molar-refractivity contribution is 5.56. The molecule has 0 fully saturated rings. The second-order valence-electron chi connectivity index (χ2n) is 5.09. The van der Waals surface area contributed by atoms with Gasteiger partial charge in [-0.25, -0.2) is 0 Å². The van der Waals surface area contributed by atoms with Crippen molar-refractivity contribution in [2.45, 2.75) is 33.1 Å². The average Bonchev–Trinajstić information content (AvgIpc) is 2.55. The lowest BCUT2D eigenvalue weighted by Gasteiger charge is -2.12. The van der Waals surface area contributed by atoms with E-state index in [2.05, 4.69) is 21.6 Å². The van der Waals surface area contributed by atoms with Crippen molar-refractivity contribution in [1.29, 1.82) is 5.26 Å².